The molecule has 3 heteroatoms. The Labute approximate surface area is 105 Å². The van der Waals surface area contributed by atoms with Crippen molar-refractivity contribution in [2.75, 3.05) is 33.4 Å². The zero-order valence-corrected chi connectivity index (χ0v) is 11.1. The summed E-state index contributed by atoms with van der Waals surface area (Å²) >= 11 is 0. The molecule has 2 saturated carbocycles. The molecule has 0 aromatic heterocycles. The first-order valence-corrected chi connectivity index (χ1v) is 7.20. The summed E-state index contributed by atoms with van der Waals surface area (Å²) in [7, 11) is 2.15. The predicted molar refractivity (Wildman–Crippen MR) is 69.0 cm³/mol. The molecule has 3 nitrogen and oxygen atoms in total. The maximum Gasteiger partial charge on any atom is 0.0593 e. The number of nitrogens with zero attached hydrogens (tertiary/aromatic N) is 1. The minimum Gasteiger partial charge on any atom is -0.393 e. The van der Waals surface area contributed by atoms with Crippen LogP contribution in [0.5, 0.6) is 0 Å². The molecular formula is C14H27NO2. The van der Waals surface area contributed by atoms with Crippen LogP contribution in [-0.4, -0.2) is 49.5 Å². The lowest BCUT2D eigenvalue weighted by atomic mass is 10.0. The van der Waals surface area contributed by atoms with Gasteiger partial charge in [0, 0.05) is 13.2 Å². The van der Waals surface area contributed by atoms with Gasteiger partial charge in [0.05, 0.1) is 12.7 Å². The quantitative estimate of drug-likeness (QED) is 0.659. The Bertz CT molecular complexity index is 218. The van der Waals surface area contributed by atoms with Gasteiger partial charge in [0.25, 0.3) is 0 Å². The molecule has 2 unspecified atom stereocenters. The van der Waals surface area contributed by atoms with E-state index in [-0.39, 0.29) is 6.10 Å². The van der Waals surface area contributed by atoms with Crippen molar-refractivity contribution in [3.63, 3.8) is 0 Å². The van der Waals surface area contributed by atoms with E-state index in [1.54, 1.807) is 0 Å². The normalized spacial score (nSPS) is 29.1. The van der Waals surface area contributed by atoms with E-state index in [0.717, 1.165) is 45.1 Å². The maximum absolute atomic E-state index is 9.74. The Kier molecular flexibility index (Phi) is 5.26. The Hall–Kier alpha value is -0.120. The van der Waals surface area contributed by atoms with Crippen molar-refractivity contribution >= 4 is 0 Å². The summed E-state index contributed by atoms with van der Waals surface area (Å²) < 4.78 is 5.63. The predicted octanol–water partition coefficient (Wildman–Crippen LogP) is 1.90. The third kappa shape index (κ3) is 4.94. The summed E-state index contributed by atoms with van der Waals surface area (Å²) in [5, 5.41) is 9.74. The summed E-state index contributed by atoms with van der Waals surface area (Å²) in [6, 6.07) is 0. The lowest BCUT2D eigenvalue weighted by Crippen LogP contribution is -2.27. The van der Waals surface area contributed by atoms with Gasteiger partial charge in [0.2, 0.25) is 0 Å². The van der Waals surface area contributed by atoms with Crippen LogP contribution in [0.25, 0.3) is 0 Å². The summed E-state index contributed by atoms with van der Waals surface area (Å²) in [5.41, 5.74) is 0. The number of aliphatic hydroxyl groups is 1. The fourth-order valence-corrected chi connectivity index (χ4v) is 2.61. The van der Waals surface area contributed by atoms with Gasteiger partial charge in [-0.05, 0) is 57.5 Å². The van der Waals surface area contributed by atoms with Gasteiger partial charge >= 0.3 is 0 Å². The van der Waals surface area contributed by atoms with E-state index < -0.39 is 0 Å². The topological polar surface area (TPSA) is 32.7 Å². The van der Waals surface area contributed by atoms with Crippen LogP contribution in [0.15, 0.2) is 0 Å². The minimum absolute atomic E-state index is 0.0329. The SMILES string of the molecule is CN(CCOCC1CC1)CCC1CCCC1O. The molecule has 0 spiro atoms. The van der Waals surface area contributed by atoms with E-state index >= 15 is 0 Å². The van der Waals surface area contributed by atoms with Crippen molar-refractivity contribution in [2.45, 2.75) is 44.6 Å². The van der Waals surface area contributed by atoms with Gasteiger partial charge in [-0.15, -0.1) is 0 Å². The lowest BCUT2D eigenvalue weighted by Gasteiger charge is -2.20. The fourth-order valence-electron chi connectivity index (χ4n) is 2.61. The highest BCUT2D eigenvalue weighted by Crippen LogP contribution is 2.29. The van der Waals surface area contributed by atoms with Gasteiger partial charge in [-0.3, -0.25) is 0 Å². The second-order valence-electron chi connectivity index (χ2n) is 5.87. The van der Waals surface area contributed by atoms with E-state index in [1.165, 1.54) is 25.7 Å². The summed E-state index contributed by atoms with van der Waals surface area (Å²) in [6.45, 7) is 3.94. The Morgan fingerprint density at radius 3 is 2.65 bits per heavy atom. The molecule has 0 heterocycles. The molecule has 0 bridgehead atoms. The number of hydrogen-bond acceptors (Lipinski definition) is 3. The molecule has 17 heavy (non-hydrogen) atoms. The van der Waals surface area contributed by atoms with Crippen LogP contribution < -0.4 is 0 Å². The standard InChI is InChI=1S/C14H27NO2/c1-15(9-10-17-11-12-5-6-12)8-7-13-3-2-4-14(13)16/h12-14,16H,2-11H2,1H3. The van der Waals surface area contributed by atoms with Crippen LogP contribution in [0.4, 0.5) is 0 Å². The molecule has 0 aromatic rings. The molecule has 2 fully saturated rings. The number of likely N-dealkylation sites (N-methyl/N-ethyl adjacent to an activating group) is 1. The Balaban J connectivity index is 1.46. The number of hydrogen-bond donors (Lipinski definition) is 1. The van der Waals surface area contributed by atoms with E-state index in [2.05, 4.69) is 11.9 Å². The highest BCUT2D eigenvalue weighted by Gasteiger charge is 2.25. The monoisotopic (exact) mass is 241 g/mol. The average molecular weight is 241 g/mol. The Morgan fingerprint density at radius 2 is 2.00 bits per heavy atom. The smallest absolute Gasteiger partial charge is 0.0593 e. The molecule has 2 aliphatic rings. The molecule has 100 valence electrons. The molecule has 2 rings (SSSR count). The van der Waals surface area contributed by atoms with Crippen molar-refractivity contribution in [1.82, 2.24) is 4.90 Å². The number of aliphatic hydroxyl groups excluding tert-OH is 1. The van der Waals surface area contributed by atoms with Crippen molar-refractivity contribution in [3.8, 4) is 0 Å². The molecule has 2 atom stereocenters. The molecule has 0 saturated heterocycles. The van der Waals surface area contributed by atoms with Crippen molar-refractivity contribution in [2.24, 2.45) is 11.8 Å². The van der Waals surface area contributed by atoms with Crippen molar-refractivity contribution < 1.29 is 9.84 Å². The molecule has 0 aliphatic heterocycles. The second kappa shape index (κ2) is 6.72. The highest BCUT2D eigenvalue weighted by atomic mass is 16.5. The summed E-state index contributed by atoms with van der Waals surface area (Å²) in [6.07, 6.45) is 7.28. The molecular weight excluding hydrogens is 214 g/mol. The largest absolute Gasteiger partial charge is 0.393 e. The zero-order chi connectivity index (χ0) is 12.1. The summed E-state index contributed by atoms with van der Waals surface area (Å²) in [5.74, 6) is 1.42. The van der Waals surface area contributed by atoms with Gasteiger partial charge in [0.1, 0.15) is 0 Å². The van der Waals surface area contributed by atoms with Crippen LogP contribution in [-0.2, 0) is 4.74 Å². The van der Waals surface area contributed by atoms with E-state index in [9.17, 15) is 5.11 Å². The zero-order valence-electron chi connectivity index (χ0n) is 11.1. The van der Waals surface area contributed by atoms with Crippen LogP contribution in [0, 0.1) is 11.8 Å². The van der Waals surface area contributed by atoms with E-state index in [1.807, 2.05) is 0 Å². The van der Waals surface area contributed by atoms with Crippen LogP contribution in [0.2, 0.25) is 0 Å². The van der Waals surface area contributed by atoms with Gasteiger partial charge in [-0.2, -0.15) is 0 Å². The van der Waals surface area contributed by atoms with Gasteiger partial charge < -0.3 is 14.7 Å². The lowest BCUT2D eigenvalue weighted by molar-refractivity contribution is 0.0937. The minimum atomic E-state index is -0.0329. The fraction of sp³-hybridized carbons (Fsp3) is 1.00. The maximum atomic E-state index is 9.74. The van der Waals surface area contributed by atoms with Gasteiger partial charge in [-0.25, -0.2) is 0 Å². The molecule has 2 aliphatic carbocycles. The second-order valence-corrected chi connectivity index (χ2v) is 5.87. The molecule has 1 N–H and O–H groups in total. The average Bonchev–Trinajstić information content (AvgIpc) is 3.05. The molecule has 0 amide bonds. The third-order valence-electron chi connectivity index (χ3n) is 4.17. The number of rotatable bonds is 8. The summed E-state index contributed by atoms with van der Waals surface area (Å²) in [4.78, 5) is 2.33. The van der Waals surface area contributed by atoms with E-state index in [0.29, 0.717) is 5.92 Å². The first-order valence-electron chi connectivity index (χ1n) is 7.20. The number of ether oxygens (including phenoxy) is 1. The van der Waals surface area contributed by atoms with Crippen LogP contribution in [0.1, 0.15) is 38.5 Å². The van der Waals surface area contributed by atoms with Gasteiger partial charge in [-0.1, -0.05) is 6.42 Å². The molecule has 0 radical (unpaired) electrons. The first kappa shape index (κ1) is 13.3. The van der Waals surface area contributed by atoms with Crippen LogP contribution in [0.3, 0.4) is 0 Å². The van der Waals surface area contributed by atoms with E-state index in [4.69, 9.17) is 4.74 Å². The third-order valence-corrected chi connectivity index (χ3v) is 4.17. The Morgan fingerprint density at radius 1 is 1.18 bits per heavy atom. The van der Waals surface area contributed by atoms with Crippen molar-refractivity contribution in [1.29, 1.82) is 0 Å². The van der Waals surface area contributed by atoms with Crippen molar-refractivity contribution in [3.05, 3.63) is 0 Å². The van der Waals surface area contributed by atoms with Gasteiger partial charge in [0.15, 0.2) is 0 Å². The first-order chi connectivity index (χ1) is 8.25. The molecule has 0 aromatic carbocycles. The highest BCUT2D eigenvalue weighted by molar-refractivity contribution is 4.77. The van der Waals surface area contributed by atoms with Crippen LogP contribution >= 0.6 is 0 Å².